The van der Waals surface area contributed by atoms with Crippen LogP contribution < -0.4 is 0 Å². The van der Waals surface area contributed by atoms with Crippen LogP contribution in [0.1, 0.15) is 31.2 Å². The van der Waals surface area contributed by atoms with Gasteiger partial charge in [-0.2, -0.15) is 0 Å². The van der Waals surface area contributed by atoms with Gasteiger partial charge in [0.15, 0.2) is 0 Å². The molecule has 0 radical (unpaired) electrons. The fourth-order valence-electron chi connectivity index (χ4n) is 2.21. The highest BCUT2D eigenvalue weighted by Gasteiger charge is 2.20. The van der Waals surface area contributed by atoms with Crippen LogP contribution in [0.3, 0.4) is 0 Å². The second-order valence-electron chi connectivity index (χ2n) is 4.13. The molecule has 0 fully saturated rings. The Kier molecular flexibility index (Phi) is 2.69. The molecule has 0 aliphatic heterocycles. The predicted molar refractivity (Wildman–Crippen MR) is 58.2 cm³/mol. The maximum atomic E-state index is 9.63. The van der Waals surface area contributed by atoms with Gasteiger partial charge < -0.3 is 5.11 Å². The van der Waals surface area contributed by atoms with Crippen LogP contribution in [0.25, 0.3) is 0 Å². The van der Waals surface area contributed by atoms with E-state index in [1.54, 1.807) is 0 Å². The van der Waals surface area contributed by atoms with Gasteiger partial charge >= 0.3 is 0 Å². The molecule has 0 saturated carbocycles. The van der Waals surface area contributed by atoms with Gasteiger partial charge in [-0.25, -0.2) is 0 Å². The average Bonchev–Trinajstić information content (AvgIpc) is 2.18. The van der Waals surface area contributed by atoms with Crippen molar-refractivity contribution < 1.29 is 5.11 Å². The second-order valence-corrected chi connectivity index (χ2v) is 4.13. The largest absolute Gasteiger partial charge is 0.389 e. The SMILES string of the molecule is CC1=C[C@@H](O)C[C@H](c2ccccc2)C1. The fraction of sp³-hybridized carbons (Fsp3) is 0.385. The van der Waals surface area contributed by atoms with Crippen LogP contribution in [-0.4, -0.2) is 11.2 Å². The molecule has 1 aromatic carbocycles. The van der Waals surface area contributed by atoms with Crippen molar-refractivity contribution in [3.05, 3.63) is 47.5 Å². The van der Waals surface area contributed by atoms with E-state index in [2.05, 4.69) is 31.2 Å². The van der Waals surface area contributed by atoms with Gasteiger partial charge in [0.2, 0.25) is 0 Å². The molecule has 2 atom stereocenters. The molecule has 1 N–H and O–H groups in total. The maximum absolute atomic E-state index is 9.63. The highest BCUT2D eigenvalue weighted by atomic mass is 16.3. The maximum Gasteiger partial charge on any atom is 0.0729 e. The van der Waals surface area contributed by atoms with Gasteiger partial charge in [0.1, 0.15) is 0 Å². The Morgan fingerprint density at radius 2 is 1.93 bits per heavy atom. The van der Waals surface area contributed by atoms with Crippen LogP contribution >= 0.6 is 0 Å². The Balaban J connectivity index is 2.18. The van der Waals surface area contributed by atoms with Crippen molar-refractivity contribution in [1.29, 1.82) is 0 Å². The first kappa shape index (κ1) is 9.47. The minimum Gasteiger partial charge on any atom is -0.389 e. The fourth-order valence-corrected chi connectivity index (χ4v) is 2.21. The summed E-state index contributed by atoms with van der Waals surface area (Å²) in [5, 5.41) is 9.63. The van der Waals surface area contributed by atoms with E-state index in [1.165, 1.54) is 11.1 Å². The molecule has 0 saturated heterocycles. The average molecular weight is 188 g/mol. The van der Waals surface area contributed by atoms with Crippen LogP contribution in [0, 0.1) is 0 Å². The zero-order valence-electron chi connectivity index (χ0n) is 8.48. The molecule has 1 aliphatic rings. The monoisotopic (exact) mass is 188 g/mol. The summed E-state index contributed by atoms with van der Waals surface area (Å²) in [4.78, 5) is 0. The van der Waals surface area contributed by atoms with Gasteiger partial charge in [0.05, 0.1) is 6.10 Å². The molecule has 0 bridgehead atoms. The smallest absolute Gasteiger partial charge is 0.0729 e. The number of allylic oxidation sites excluding steroid dienone is 1. The first-order chi connectivity index (χ1) is 6.75. The van der Waals surface area contributed by atoms with Gasteiger partial charge in [0, 0.05) is 0 Å². The zero-order chi connectivity index (χ0) is 9.97. The van der Waals surface area contributed by atoms with E-state index in [9.17, 15) is 5.11 Å². The molecule has 1 aliphatic carbocycles. The summed E-state index contributed by atoms with van der Waals surface area (Å²) in [5.74, 6) is 0.496. The molecule has 1 aromatic rings. The number of hydrogen-bond donors (Lipinski definition) is 1. The summed E-state index contributed by atoms with van der Waals surface area (Å²) in [7, 11) is 0. The minimum absolute atomic E-state index is 0.256. The number of benzene rings is 1. The topological polar surface area (TPSA) is 20.2 Å². The van der Waals surface area contributed by atoms with Crippen molar-refractivity contribution in [3.8, 4) is 0 Å². The highest BCUT2D eigenvalue weighted by Crippen LogP contribution is 2.32. The number of aliphatic hydroxyl groups excluding tert-OH is 1. The summed E-state index contributed by atoms with van der Waals surface area (Å²) >= 11 is 0. The Morgan fingerprint density at radius 3 is 2.57 bits per heavy atom. The molecule has 0 heterocycles. The first-order valence-electron chi connectivity index (χ1n) is 5.16. The molecule has 0 amide bonds. The number of hydrogen-bond acceptors (Lipinski definition) is 1. The van der Waals surface area contributed by atoms with E-state index >= 15 is 0 Å². The third-order valence-electron chi connectivity index (χ3n) is 2.84. The van der Waals surface area contributed by atoms with Crippen molar-refractivity contribution in [2.24, 2.45) is 0 Å². The Bertz CT molecular complexity index is 326. The molecule has 14 heavy (non-hydrogen) atoms. The van der Waals surface area contributed by atoms with Crippen molar-refractivity contribution in [3.63, 3.8) is 0 Å². The van der Waals surface area contributed by atoms with Gasteiger partial charge in [-0.05, 0) is 31.2 Å². The summed E-state index contributed by atoms with van der Waals surface area (Å²) in [5.41, 5.74) is 2.65. The molecule has 0 unspecified atom stereocenters. The lowest BCUT2D eigenvalue weighted by atomic mass is 9.83. The van der Waals surface area contributed by atoms with Crippen LogP contribution in [0.2, 0.25) is 0 Å². The molecule has 2 rings (SSSR count). The van der Waals surface area contributed by atoms with Gasteiger partial charge in [0.25, 0.3) is 0 Å². The lowest BCUT2D eigenvalue weighted by Crippen LogP contribution is -2.15. The Hall–Kier alpha value is -1.08. The third kappa shape index (κ3) is 2.05. The van der Waals surface area contributed by atoms with Crippen molar-refractivity contribution in [2.45, 2.75) is 31.8 Å². The number of rotatable bonds is 1. The van der Waals surface area contributed by atoms with E-state index < -0.39 is 0 Å². The second kappa shape index (κ2) is 3.97. The standard InChI is InChI=1S/C13H16O/c1-10-7-12(9-13(14)8-10)11-5-3-2-4-6-11/h2-6,8,12-14H,7,9H2,1H3/t12-,13-/m1/s1. The van der Waals surface area contributed by atoms with Crippen molar-refractivity contribution >= 4 is 0 Å². The van der Waals surface area contributed by atoms with E-state index in [1.807, 2.05) is 12.1 Å². The Labute approximate surface area is 85.1 Å². The Morgan fingerprint density at radius 1 is 1.21 bits per heavy atom. The van der Waals surface area contributed by atoms with E-state index in [4.69, 9.17) is 0 Å². The lowest BCUT2D eigenvalue weighted by molar-refractivity contribution is 0.193. The molecule has 0 spiro atoms. The summed E-state index contributed by atoms with van der Waals surface area (Å²) in [6.07, 6.45) is 3.66. The lowest BCUT2D eigenvalue weighted by Gasteiger charge is -2.24. The molecule has 1 heteroatoms. The van der Waals surface area contributed by atoms with E-state index in [0.29, 0.717) is 5.92 Å². The van der Waals surface area contributed by atoms with Crippen LogP contribution in [-0.2, 0) is 0 Å². The molecule has 0 aromatic heterocycles. The number of aliphatic hydroxyl groups is 1. The van der Waals surface area contributed by atoms with Crippen LogP contribution in [0.15, 0.2) is 42.0 Å². The summed E-state index contributed by atoms with van der Waals surface area (Å²) < 4.78 is 0. The first-order valence-corrected chi connectivity index (χ1v) is 5.16. The third-order valence-corrected chi connectivity index (χ3v) is 2.84. The summed E-state index contributed by atoms with van der Waals surface area (Å²) in [6, 6.07) is 10.5. The van der Waals surface area contributed by atoms with Gasteiger partial charge in [-0.1, -0.05) is 42.0 Å². The zero-order valence-corrected chi connectivity index (χ0v) is 8.48. The quantitative estimate of drug-likeness (QED) is 0.672. The van der Waals surface area contributed by atoms with Crippen molar-refractivity contribution in [1.82, 2.24) is 0 Å². The van der Waals surface area contributed by atoms with Crippen LogP contribution in [0.4, 0.5) is 0 Å². The van der Waals surface area contributed by atoms with Crippen molar-refractivity contribution in [2.75, 3.05) is 0 Å². The molecular weight excluding hydrogens is 172 g/mol. The molecular formula is C13H16O. The van der Waals surface area contributed by atoms with Gasteiger partial charge in [-0.3, -0.25) is 0 Å². The normalized spacial score (nSPS) is 27.1. The highest BCUT2D eigenvalue weighted by molar-refractivity contribution is 5.24. The molecule has 1 nitrogen and oxygen atoms in total. The van der Waals surface area contributed by atoms with Gasteiger partial charge in [-0.15, -0.1) is 0 Å². The van der Waals surface area contributed by atoms with E-state index in [0.717, 1.165) is 12.8 Å². The summed E-state index contributed by atoms with van der Waals surface area (Å²) in [6.45, 7) is 2.10. The van der Waals surface area contributed by atoms with E-state index in [-0.39, 0.29) is 6.10 Å². The van der Waals surface area contributed by atoms with Crippen LogP contribution in [0.5, 0.6) is 0 Å². The molecule has 74 valence electrons. The predicted octanol–water partition coefficient (Wildman–Crippen LogP) is 2.87. The minimum atomic E-state index is -0.256.